The topological polar surface area (TPSA) is 30.7 Å². The number of aromatic nitrogens is 3. The largest absolute Gasteiger partial charge is 0.249 e. The van der Waals surface area contributed by atoms with Crippen molar-refractivity contribution in [3.05, 3.63) is 35.1 Å². The Kier molecular flexibility index (Phi) is 2.63. The molecule has 0 radical (unpaired) electrons. The lowest BCUT2D eigenvalue weighted by Crippen LogP contribution is -2.18. The highest BCUT2D eigenvalue weighted by molar-refractivity contribution is 6.30. The standard InChI is InChI=1S/C13H14ClN3/c1-9-2-7-12-15-13(16-17(12)8-9)10-3-5-11(14)6-4-10/h3-6,9H,2,7-8H2,1H3. The highest BCUT2D eigenvalue weighted by Crippen LogP contribution is 2.23. The van der Waals surface area contributed by atoms with E-state index < -0.39 is 0 Å². The zero-order chi connectivity index (χ0) is 11.8. The molecule has 88 valence electrons. The first kappa shape index (κ1) is 10.8. The van der Waals surface area contributed by atoms with E-state index in [0.717, 1.165) is 35.2 Å². The van der Waals surface area contributed by atoms with Crippen molar-refractivity contribution in [2.24, 2.45) is 5.92 Å². The van der Waals surface area contributed by atoms with Gasteiger partial charge in [-0.15, -0.1) is 0 Å². The van der Waals surface area contributed by atoms with E-state index >= 15 is 0 Å². The van der Waals surface area contributed by atoms with Crippen LogP contribution in [0.1, 0.15) is 19.2 Å². The summed E-state index contributed by atoms with van der Waals surface area (Å²) < 4.78 is 2.04. The maximum atomic E-state index is 5.87. The first-order valence-corrected chi connectivity index (χ1v) is 6.30. The van der Waals surface area contributed by atoms with Gasteiger partial charge in [0.15, 0.2) is 5.82 Å². The van der Waals surface area contributed by atoms with E-state index in [1.54, 1.807) is 0 Å². The Morgan fingerprint density at radius 3 is 2.82 bits per heavy atom. The molecule has 1 aromatic carbocycles. The van der Waals surface area contributed by atoms with Gasteiger partial charge in [-0.2, -0.15) is 5.10 Å². The number of aryl methyl sites for hydroxylation is 1. The van der Waals surface area contributed by atoms with E-state index in [-0.39, 0.29) is 0 Å². The molecular weight excluding hydrogens is 234 g/mol. The molecule has 4 heteroatoms. The predicted molar refractivity (Wildman–Crippen MR) is 68.0 cm³/mol. The van der Waals surface area contributed by atoms with Crippen LogP contribution < -0.4 is 0 Å². The zero-order valence-corrected chi connectivity index (χ0v) is 10.5. The molecule has 0 fully saturated rings. The smallest absolute Gasteiger partial charge is 0.181 e. The van der Waals surface area contributed by atoms with Crippen molar-refractivity contribution in [2.75, 3.05) is 0 Å². The van der Waals surface area contributed by atoms with Gasteiger partial charge in [-0.1, -0.05) is 18.5 Å². The third-order valence-electron chi connectivity index (χ3n) is 3.20. The SMILES string of the molecule is CC1CCc2nc(-c3ccc(Cl)cc3)nn2C1. The molecule has 2 heterocycles. The fourth-order valence-corrected chi connectivity index (χ4v) is 2.31. The molecule has 1 unspecified atom stereocenters. The van der Waals surface area contributed by atoms with E-state index in [4.69, 9.17) is 11.6 Å². The van der Waals surface area contributed by atoms with Crippen molar-refractivity contribution < 1.29 is 0 Å². The van der Waals surface area contributed by atoms with Crippen LogP contribution in [-0.2, 0) is 13.0 Å². The lowest BCUT2D eigenvalue weighted by Gasteiger charge is -2.17. The number of nitrogens with zero attached hydrogens (tertiary/aromatic N) is 3. The summed E-state index contributed by atoms with van der Waals surface area (Å²) in [6.07, 6.45) is 2.24. The second kappa shape index (κ2) is 4.15. The van der Waals surface area contributed by atoms with Crippen LogP contribution in [0, 0.1) is 5.92 Å². The number of benzene rings is 1. The first-order chi connectivity index (χ1) is 8.22. The minimum absolute atomic E-state index is 0.697. The van der Waals surface area contributed by atoms with Crippen LogP contribution in [0.25, 0.3) is 11.4 Å². The summed E-state index contributed by atoms with van der Waals surface area (Å²) in [5.74, 6) is 2.61. The minimum atomic E-state index is 0.697. The number of fused-ring (bicyclic) bond motifs is 1. The molecular formula is C13H14ClN3. The van der Waals surface area contributed by atoms with Gasteiger partial charge in [0, 0.05) is 23.6 Å². The summed E-state index contributed by atoms with van der Waals surface area (Å²) in [4.78, 5) is 4.59. The molecule has 0 bridgehead atoms. The van der Waals surface area contributed by atoms with Crippen molar-refractivity contribution in [1.82, 2.24) is 14.8 Å². The van der Waals surface area contributed by atoms with E-state index in [2.05, 4.69) is 17.0 Å². The number of halogens is 1. The van der Waals surface area contributed by atoms with E-state index in [1.165, 1.54) is 6.42 Å². The van der Waals surface area contributed by atoms with Crippen LogP contribution in [0.2, 0.25) is 5.02 Å². The summed E-state index contributed by atoms with van der Waals surface area (Å²) in [6, 6.07) is 7.68. The summed E-state index contributed by atoms with van der Waals surface area (Å²) in [5.41, 5.74) is 1.03. The highest BCUT2D eigenvalue weighted by Gasteiger charge is 2.18. The molecule has 0 N–H and O–H groups in total. The number of hydrogen-bond donors (Lipinski definition) is 0. The van der Waals surface area contributed by atoms with Crippen LogP contribution in [0.5, 0.6) is 0 Å². The molecule has 0 aliphatic carbocycles. The Hall–Kier alpha value is -1.35. The van der Waals surface area contributed by atoms with Crippen molar-refractivity contribution >= 4 is 11.6 Å². The Labute approximate surface area is 105 Å². The maximum Gasteiger partial charge on any atom is 0.181 e. The van der Waals surface area contributed by atoms with Crippen LogP contribution in [-0.4, -0.2) is 14.8 Å². The fourth-order valence-electron chi connectivity index (χ4n) is 2.19. The molecule has 0 saturated carbocycles. The number of hydrogen-bond acceptors (Lipinski definition) is 2. The van der Waals surface area contributed by atoms with Crippen molar-refractivity contribution in [3.8, 4) is 11.4 Å². The van der Waals surface area contributed by atoms with Crippen LogP contribution in [0.3, 0.4) is 0 Å². The first-order valence-electron chi connectivity index (χ1n) is 5.92. The molecule has 3 nitrogen and oxygen atoms in total. The van der Waals surface area contributed by atoms with E-state index in [1.807, 2.05) is 28.9 Å². The fraction of sp³-hybridized carbons (Fsp3) is 0.385. The highest BCUT2D eigenvalue weighted by atomic mass is 35.5. The average Bonchev–Trinajstić information content (AvgIpc) is 2.72. The Balaban J connectivity index is 1.97. The van der Waals surface area contributed by atoms with Gasteiger partial charge in [0.2, 0.25) is 0 Å². The van der Waals surface area contributed by atoms with Gasteiger partial charge in [-0.3, -0.25) is 0 Å². The molecule has 3 rings (SSSR count). The summed E-state index contributed by atoms with van der Waals surface area (Å²) in [5, 5.41) is 5.31. The Bertz CT molecular complexity index is 530. The maximum absolute atomic E-state index is 5.87. The quantitative estimate of drug-likeness (QED) is 0.775. The van der Waals surface area contributed by atoms with E-state index in [9.17, 15) is 0 Å². The minimum Gasteiger partial charge on any atom is -0.249 e. The second-order valence-corrected chi connectivity index (χ2v) is 5.12. The molecule has 2 aromatic rings. The van der Waals surface area contributed by atoms with Gasteiger partial charge in [-0.05, 0) is 36.6 Å². The van der Waals surface area contributed by atoms with Gasteiger partial charge in [0.05, 0.1) is 0 Å². The Morgan fingerprint density at radius 1 is 1.29 bits per heavy atom. The van der Waals surface area contributed by atoms with Crippen molar-refractivity contribution in [3.63, 3.8) is 0 Å². The molecule has 1 aliphatic rings. The summed E-state index contributed by atoms with van der Waals surface area (Å²) in [7, 11) is 0. The predicted octanol–water partition coefficient (Wildman–Crippen LogP) is 3.18. The molecule has 1 atom stereocenters. The second-order valence-electron chi connectivity index (χ2n) is 4.68. The van der Waals surface area contributed by atoms with E-state index in [0.29, 0.717) is 5.92 Å². The molecule has 0 saturated heterocycles. The molecule has 17 heavy (non-hydrogen) atoms. The van der Waals surface area contributed by atoms with Gasteiger partial charge in [-0.25, -0.2) is 9.67 Å². The van der Waals surface area contributed by atoms with Gasteiger partial charge < -0.3 is 0 Å². The van der Waals surface area contributed by atoms with Gasteiger partial charge >= 0.3 is 0 Å². The molecule has 0 spiro atoms. The van der Waals surface area contributed by atoms with Crippen LogP contribution in [0.4, 0.5) is 0 Å². The van der Waals surface area contributed by atoms with Gasteiger partial charge in [0.1, 0.15) is 5.82 Å². The molecule has 1 aliphatic heterocycles. The van der Waals surface area contributed by atoms with Crippen molar-refractivity contribution in [2.45, 2.75) is 26.3 Å². The van der Waals surface area contributed by atoms with Crippen LogP contribution in [0.15, 0.2) is 24.3 Å². The molecule has 1 aromatic heterocycles. The lowest BCUT2D eigenvalue weighted by atomic mass is 10.0. The van der Waals surface area contributed by atoms with Crippen LogP contribution >= 0.6 is 11.6 Å². The lowest BCUT2D eigenvalue weighted by molar-refractivity contribution is 0.368. The van der Waals surface area contributed by atoms with Gasteiger partial charge in [0.25, 0.3) is 0 Å². The normalized spacial score (nSPS) is 19.1. The summed E-state index contributed by atoms with van der Waals surface area (Å²) >= 11 is 5.87. The third kappa shape index (κ3) is 2.07. The monoisotopic (exact) mass is 247 g/mol. The molecule has 0 amide bonds. The zero-order valence-electron chi connectivity index (χ0n) is 9.73. The average molecular weight is 248 g/mol. The Morgan fingerprint density at radius 2 is 2.06 bits per heavy atom. The summed E-state index contributed by atoms with van der Waals surface area (Å²) in [6.45, 7) is 3.24. The number of rotatable bonds is 1. The van der Waals surface area contributed by atoms with Crippen molar-refractivity contribution in [1.29, 1.82) is 0 Å². The third-order valence-corrected chi connectivity index (χ3v) is 3.45.